The van der Waals surface area contributed by atoms with Crippen LogP contribution in [0.1, 0.15) is 20.8 Å². The van der Waals surface area contributed by atoms with E-state index < -0.39 is 18.1 Å². The van der Waals surface area contributed by atoms with Crippen LogP contribution in [0.15, 0.2) is 41.0 Å². The van der Waals surface area contributed by atoms with Gasteiger partial charge in [0.15, 0.2) is 0 Å². The van der Waals surface area contributed by atoms with Crippen molar-refractivity contribution in [3.63, 3.8) is 0 Å². The zero-order valence-corrected chi connectivity index (χ0v) is 14.7. The Hall–Kier alpha value is -1.96. The molecule has 0 bridgehead atoms. The minimum atomic E-state index is -4.79. The highest BCUT2D eigenvalue weighted by Crippen LogP contribution is 2.31. The van der Waals surface area contributed by atoms with Gasteiger partial charge < -0.3 is 9.47 Å². The highest BCUT2D eigenvalue weighted by atomic mass is 79.9. The van der Waals surface area contributed by atoms with Crippen LogP contribution in [0.5, 0.6) is 5.75 Å². The van der Waals surface area contributed by atoms with Crippen LogP contribution in [0, 0.1) is 0 Å². The molecule has 130 valence electrons. The predicted molar refractivity (Wildman–Crippen MR) is 85.9 cm³/mol. The molecule has 1 aromatic heterocycles. The van der Waals surface area contributed by atoms with Gasteiger partial charge in [-0.05, 0) is 54.9 Å². The van der Waals surface area contributed by atoms with Crippen molar-refractivity contribution < 1.29 is 27.4 Å². The summed E-state index contributed by atoms with van der Waals surface area (Å²) < 4.78 is 48.1. The van der Waals surface area contributed by atoms with E-state index in [2.05, 4.69) is 20.7 Å². The summed E-state index contributed by atoms with van der Waals surface area (Å²) in [7, 11) is 0. The van der Waals surface area contributed by atoms with Crippen LogP contribution in [-0.4, -0.2) is 22.6 Å². The lowest BCUT2D eigenvalue weighted by Gasteiger charge is -2.20. The first-order chi connectivity index (χ1) is 10.9. The average molecular weight is 406 g/mol. The van der Waals surface area contributed by atoms with Gasteiger partial charge in [0.1, 0.15) is 11.4 Å². The summed E-state index contributed by atoms with van der Waals surface area (Å²) >= 11 is 3.26. The molecule has 4 nitrogen and oxygen atoms in total. The smallest absolute Gasteiger partial charge is 0.443 e. The maximum Gasteiger partial charge on any atom is 0.573 e. The van der Waals surface area contributed by atoms with Crippen LogP contribution in [-0.2, 0) is 4.74 Å². The second kappa shape index (κ2) is 6.51. The molecular weight excluding hydrogens is 391 g/mol. The molecule has 0 fully saturated rings. The van der Waals surface area contributed by atoms with Crippen molar-refractivity contribution in [1.29, 1.82) is 0 Å². The Morgan fingerprint density at radius 3 is 2.42 bits per heavy atom. The minimum absolute atomic E-state index is 0.368. The number of hydrogen-bond acceptors (Lipinski definition) is 3. The van der Waals surface area contributed by atoms with Crippen LogP contribution >= 0.6 is 15.9 Å². The molecule has 0 aliphatic carbocycles. The van der Waals surface area contributed by atoms with E-state index in [1.807, 2.05) is 0 Å². The number of halogens is 4. The topological polar surface area (TPSA) is 40.5 Å². The normalized spacial score (nSPS) is 12.1. The van der Waals surface area contributed by atoms with Crippen LogP contribution in [0.4, 0.5) is 18.0 Å². The van der Waals surface area contributed by atoms with Gasteiger partial charge in [-0.1, -0.05) is 12.1 Å². The molecule has 0 unspecified atom stereocenters. The fraction of sp³-hybridized carbons (Fsp3) is 0.312. The van der Waals surface area contributed by atoms with Gasteiger partial charge >= 0.3 is 12.5 Å². The molecule has 0 aliphatic heterocycles. The Morgan fingerprint density at radius 2 is 1.83 bits per heavy atom. The first kappa shape index (κ1) is 18.4. The maximum absolute atomic E-state index is 12.4. The molecular formula is C16H15BrF3NO3. The van der Waals surface area contributed by atoms with Crippen LogP contribution in [0.25, 0.3) is 11.3 Å². The minimum Gasteiger partial charge on any atom is -0.443 e. The van der Waals surface area contributed by atoms with E-state index >= 15 is 0 Å². The molecule has 0 spiro atoms. The number of rotatable bonds is 2. The summed E-state index contributed by atoms with van der Waals surface area (Å²) in [6.45, 7) is 5.17. The number of carbonyl (C=O) groups excluding carboxylic acids is 1. The Labute approximate surface area is 145 Å². The Kier molecular flexibility index (Phi) is 4.98. The fourth-order valence-electron chi connectivity index (χ4n) is 1.97. The van der Waals surface area contributed by atoms with Gasteiger partial charge in [-0.25, -0.2) is 4.79 Å². The van der Waals surface area contributed by atoms with Crippen molar-refractivity contribution in [3.05, 3.63) is 41.0 Å². The second-order valence-electron chi connectivity index (χ2n) is 5.97. The number of ether oxygens (including phenoxy) is 2. The van der Waals surface area contributed by atoms with Crippen molar-refractivity contribution in [3.8, 4) is 17.0 Å². The van der Waals surface area contributed by atoms with Gasteiger partial charge in [0.25, 0.3) is 0 Å². The molecule has 24 heavy (non-hydrogen) atoms. The van der Waals surface area contributed by atoms with Crippen molar-refractivity contribution in [2.45, 2.75) is 32.7 Å². The molecule has 0 N–H and O–H groups in total. The third-order valence-corrected chi connectivity index (χ3v) is 3.17. The third-order valence-electron chi connectivity index (χ3n) is 2.74. The summed E-state index contributed by atoms with van der Waals surface area (Å²) in [4.78, 5) is 12.3. The quantitative estimate of drug-likeness (QED) is 0.652. The zero-order valence-electron chi connectivity index (χ0n) is 13.1. The van der Waals surface area contributed by atoms with Crippen molar-refractivity contribution >= 4 is 22.0 Å². The number of carbonyl (C=O) groups is 1. The SMILES string of the molecule is CC(C)(C)OC(=O)n1cc(Br)cc1-c1cccc(OC(F)(F)F)c1. The summed E-state index contributed by atoms with van der Waals surface area (Å²) in [5.74, 6) is -0.368. The summed E-state index contributed by atoms with van der Waals surface area (Å²) in [5, 5.41) is 0. The molecule has 0 saturated carbocycles. The zero-order chi connectivity index (χ0) is 18.1. The van der Waals surface area contributed by atoms with Crippen molar-refractivity contribution in [1.82, 2.24) is 4.57 Å². The standard InChI is InChI=1S/C16H15BrF3NO3/c1-15(2,3)24-14(22)21-9-11(17)8-13(21)10-5-4-6-12(7-10)23-16(18,19)20/h4-9H,1-3H3. The maximum atomic E-state index is 12.4. The molecule has 1 heterocycles. The highest BCUT2D eigenvalue weighted by Gasteiger charge is 2.31. The molecule has 0 saturated heterocycles. The Morgan fingerprint density at radius 1 is 1.17 bits per heavy atom. The molecule has 0 amide bonds. The molecule has 8 heteroatoms. The van der Waals surface area contributed by atoms with Gasteiger partial charge in [0.05, 0.1) is 5.69 Å². The molecule has 2 aromatic rings. The first-order valence-electron chi connectivity index (χ1n) is 6.92. The molecule has 2 rings (SSSR count). The van der Waals surface area contributed by atoms with Gasteiger partial charge in [0.2, 0.25) is 0 Å². The van der Waals surface area contributed by atoms with E-state index in [9.17, 15) is 18.0 Å². The van der Waals surface area contributed by atoms with E-state index in [1.54, 1.807) is 32.9 Å². The van der Waals surface area contributed by atoms with Crippen LogP contribution < -0.4 is 4.74 Å². The van der Waals surface area contributed by atoms with E-state index in [4.69, 9.17) is 4.74 Å². The monoisotopic (exact) mass is 405 g/mol. The lowest BCUT2D eigenvalue weighted by atomic mass is 10.1. The molecule has 0 atom stereocenters. The number of benzene rings is 1. The highest BCUT2D eigenvalue weighted by molar-refractivity contribution is 9.10. The van der Waals surface area contributed by atoms with Crippen LogP contribution in [0.3, 0.4) is 0 Å². The lowest BCUT2D eigenvalue weighted by Crippen LogP contribution is -2.27. The van der Waals surface area contributed by atoms with Gasteiger partial charge in [-0.15, -0.1) is 13.2 Å². The Bertz CT molecular complexity index is 748. The van der Waals surface area contributed by atoms with E-state index in [0.29, 0.717) is 15.7 Å². The van der Waals surface area contributed by atoms with Crippen LogP contribution in [0.2, 0.25) is 0 Å². The van der Waals surface area contributed by atoms with Crippen molar-refractivity contribution in [2.24, 2.45) is 0 Å². The Balaban J connectivity index is 2.39. The summed E-state index contributed by atoms with van der Waals surface area (Å²) in [6.07, 6.45) is -3.93. The number of alkyl halides is 3. The van der Waals surface area contributed by atoms with Gasteiger partial charge in [-0.2, -0.15) is 0 Å². The largest absolute Gasteiger partial charge is 0.573 e. The molecule has 1 aromatic carbocycles. The first-order valence-corrected chi connectivity index (χ1v) is 7.71. The summed E-state index contributed by atoms with van der Waals surface area (Å²) in [6, 6.07) is 6.99. The average Bonchev–Trinajstić information content (AvgIpc) is 2.77. The fourth-order valence-corrected chi connectivity index (χ4v) is 2.39. The van der Waals surface area contributed by atoms with Crippen molar-refractivity contribution in [2.75, 3.05) is 0 Å². The number of nitrogens with zero attached hydrogens (tertiary/aromatic N) is 1. The third kappa shape index (κ3) is 5.02. The number of aromatic nitrogens is 1. The number of hydrogen-bond donors (Lipinski definition) is 0. The predicted octanol–water partition coefficient (Wildman–Crippen LogP) is 5.60. The molecule has 0 radical (unpaired) electrons. The van der Waals surface area contributed by atoms with E-state index in [-0.39, 0.29) is 5.75 Å². The van der Waals surface area contributed by atoms with Gasteiger partial charge in [0, 0.05) is 16.2 Å². The molecule has 0 aliphatic rings. The van der Waals surface area contributed by atoms with E-state index in [1.165, 1.54) is 29.0 Å². The summed E-state index contributed by atoms with van der Waals surface area (Å²) in [5.41, 5.74) is 0.0591. The lowest BCUT2D eigenvalue weighted by molar-refractivity contribution is -0.274. The second-order valence-corrected chi connectivity index (χ2v) is 6.89. The van der Waals surface area contributed by atoms with E-state index in [0.717, 1.165) is 0 Å². The van der Waals surface area contributed by atoms with Gasteiger partial charge in [-0.3, -0.25) is 4.57 Å².